The molecule has 2 heterocycles. The minimum Gasteiger partial charge on any atom is -0.326 e. The normalized spacial score (nSPS) is 21.1. The van der Waals surface area contributed by atoms with Crippen molar-refractivity contribution in [1.82, 2.24) is 4.98 Å². The number of nitrogens with one attached hydrogen (secondary N) is 1. The highest BCUT2D eigenvalue weighted by atomic mass is 35.5. The number of anilines is 1. The summed E-state index contributed by atoms with van der Waals surface area (Å²) in [5.74, 6) is -0.677. The van der Waals surface area contributed by atoms with Crippen molar-refractivity contribution in [1.29, 1.82) is 0 Å². The summed E-state index contributed by atoms with van der Waals surface area (Å²) >= 11 is 7.16. The molecular formula is C12H11ClN2O3S2. The number of amides is 1. The van der Waals surface area contributed by atoms with Gasteiger partial charge in [0.1, 0.15) is 0 Å². The van der Waals surface area contributed by atoms with Crippen LogP contribution in [0.4, 0.5) is 5.69 Å². The number of aromatic nitrogens is 1. The number of hydrogen-bond donors (Lipinski definition) is 1. The predicted molar refractivity (Wildman–Crippen MR) is 80.0 cm³/mol. The minimum atomic E-state index is -3.05. The van der Waals surface area contributed by atoms with Crippen LogP contribution in [-0.2, 0) is 14.6 Å². The van der Waals surface area contributed by atoms with E-state index in [4.69, 9.17) is 11.6 Å². The molecule has 0 aliphatic carbocycles. The molecule has 1 amide bonds. The van der Waals surface area contributed by atoms with E-state index in [1.807, 2.05) is 0 Å². The van der Waals surface area contributed by atoms with Crippen LogP contribution in [0.25, 0.3) is 10.2 Å². The van der Waals surface area contributed by atoms with Crippen molar-refractivity contribution >= 4 is 54.6 Å². The van der Waals surface area contributed by atoms with Crippen LogP contribution in [-0.4, -0.2) is 30.8 Å². The highest BCUT2D eigenvalue weighted by Gasteiger charge is 2.32. The molecule has 1 fully saturated rings. The summed E-state index contributed by atoms with van der Waals surface area (Å²) in [5, 5.41) is 2.76. The number of halogens is 1. The molecule has 1 atom stereocenters. The van der Waals surface area contributed by atoms with E-state index in [-0.39, 0.29) is 17.4 Å². The number of sulfone groups is 1. The number of benzene rings is 1. The van der Waals surface area contributed by atoms with Gasteiger partial charge in [-0.3, -0.25) is 4.79 Å². The molecule has 0 bridgehead atoms. The van der Waals surface area contributed by atoms with Gasteiger partial charge in [-0.05, 0) is 24.6 Å². The molecule has 1 aliphatic heterocycles. The molecule has 1 saturated heterocycles. The lowest BCUT2D eigenvalue weighted by molar-refractivity contribution is -0.119. The lowest BCUT2D eigenvalue weighted by Gasteiger charge is -2.09. The first-order valence-electron chi connectivity index (χ1n) is 6.00. The fourth-order valence-electron chi connectivity index (χ4n) is 2.22. The van der Waals surface area contributed by atoms with Crippen molar-refractivity contribution in [3.8, 4) is 0 Å². The van der Waals surface area contributed by atoms with E-state index in [1.165, 1.54) is 11.3 Å². The number of fused-ring (bicyclic) bond motifs is 1. The third-order valence-electron chi connectivity index (χ3n) is 3.23. The number of carbonyl (C=O) groups is 1. The van der Waals surface area contributed by atoms with Gasteiger partial charge in [0.15, 0.2) is 14.3 Å². The minimum absolute atomic E-state index is 0.0620. The third kappa shape index (κ3) is 2.79. The molecule has 0 saturated carbocycles. The van der Waals surface area contributed by atoms with Gasteiger partial charge in [-0.2, -0.15) is 0 Å². The Labute approximate surface area is 124 Å². The number of hydrogen-bond acceptors (Lipinski definition) is 5. The largest absolute Gasteiger partial charge is 0.326 e. The molecule has 8 heteroatoms. The molecule has 0 spiro atoms. The molecule has 2 aromatic rings. The van der Waals surface area contributed by atoms with Gasteiger partial charge in [0, 0.05) is 5.69 Å². The summed E-state index contributed by atoms with van der Waals surface area (Å²) < 4.78 is 24.1. The van der Waals surface area contributed by atoms with Crippen molar-refractivity contribution in [3.05, 3.63) is 22.7 Å². The maximum Gasteiger partial charge on any atom is 0.228 e. The Balaban J connectivity index is 1.77. The molecule has 106 valence electrons. The van der Waals surface area contributed by atoms with Crippen LogP contribution in [0.5, 0.6) is 0 Å². The Kier molecular flexibility index (Phi) is 3.43. The number of thiazole rings is 1. The zero-order valence-corrected chi connectivity index (χ0v) is 12.7. The van der Waals surface area contributed by atoms with Gasteiger partial charge >= 0.3 is 0 Å². The van der Waals surface area contributed by atoms with E-state index in [2.05, 4.69) is 10.3 Å². The Morgan fingerprint density at radius 2 is 2.25 bits per heavy atom. The van der Waals surface area contributed by atoms with Gasteiger partial charge in [-0.1, -0.05) is 11.6 Å². The quantitative estimate of drug-likeness (QED) is 0.916. The SMILES string of the molecule is O=C(Nc1ccc2nc(Cl)sc2c1)C1CCS(=O)(=O)C1. The fourth-order valence-corrected chi connectivity index (χ4v) is 5.03. The molecular weight excluding hydrogens is 320 g/mol. The van der Waals surface area contributed by atoms with Gasteiger partial charge in [-0.15, -0.1) is 11.3 Å². The number of rotatable bonds is 2. The van der Waals surface area contributed by atoms with E-state index in [0.717, 1.165) is 10.2 Å². The molecule has 1 unspecified atom stereocenters. The van der Waals surface area contributed by atoms with Crippen molar-refractivity contribution in [2.75, 3.05) is 16.8 Å². The van der Waals surface area contributed by atoms with Crippen molar-refractivity contribution in [2.45, 2.75) is 6.42 Å². The van der Waals surface area contributed by atoms with Gasteiger partial charge in [0.2, 0.25) is 5.91 Å². The smallest absolute Gasteiger partial charge is 0.228 e. The number of nitrogens with zero attached hydrogens (tertiary/aromatic N) is 1. The average Bonchev–Trinajstić information content (AvgIpc) is 2.90. The molecule has 1 aromatic heterocycles. The van der Waals surface area contributed by atoms with Crippen molar-refractivity contribution in [2.24, 2.45) is 5.92 Å². The second-order valence-corrected chi connectivity index (χ2v) is 8.58. The molecule has 0 radical (unpaired) electrons. The van der Waals surface area contributed by atoms with E-state index < -0.39 is 15.8 Å². The summed E-state index contributed by atoms with van der Waals surface area (Å²) in [7, 11) is -3.05. The first-order chi connectivity index (χ1) is 9.43. The molecule has 1 aromatic carbocycles. The van der Waals surface area contributed by atoms with Crippen LogP contribution in [0, 0.1) is 5.92 Å². The Morgan fingerprint density at radius 3 is 2.95 bits per heavy atom. The first kappa shape index (κ1) is 13.8. The highest BCUT2D eigenvalue weighted by molar-refractivity contribution is 7.91. The monoisotopic (exact) mass is 330 g/mol. The lowest BCUT2D eigenvalue weighted by Crippen LogP contribution is -2.23. The predicted octanol–water partition coefficient (Wildman–Crippen LogP) is 2.32. The molecule has 5 nitrogen and oxygen atoms in total. The second-order valence-electron chi connectivity index (χ2n) is 4.74. The Hall–Kier alpha value is -1.18. The topological polar surface area (TPSA) is 76.1 Å². The first-order valence-corrected chi connectivity index (χ1v) is 9.02. The van der Waals surface area contributed by atoms with E-state index in [1.54, 1.807) is 18.2 Å². The van der Waals surface area contributed by atoms with Gasteiger partial charge in [0.05, 0.1) is 27.6 Å². The van der Waals surface area contributed by atoms with Crippen LogP contribution < -0.4 is 5.32 Å². The van der Waals surface area contributed by atoms with Crippen molar-refractivity contribution in [3.63, 3.8) is 0 Å². The second kappa shape index (κ2) is 4.98. The summed E-state index contributed by atoms with van der Waals surface area (Å²) in [6.45, 7) is 0. The van der Waals surface area contributed by atoms with Gasteiger partial charge in [0.25, 0.3) is 0 Å². The molecule has 20 heavy (non-hydrogen) atoms. The van der Waals surface area contributed by atoms with E-state index >= 15 is 0 Å². The number of carbonyl (C=O) groups excluding carboxylic acids is 1. The summed E-state index contributed by atoms with van der Waals surface area (Å²) in [4.78, 5) is 16.2. The van der Waals surface area contributed by atoms with E-state index in [9.17, 15) is 13.2 Å². The van der Waals surface area contributed by atoms with Crippen LogP contribution in [0.3, 0.4) is 0 Å². The van der Waals surface area contributed by atoms with Crippen LogP contribution in [0.15, 0.2) is 18.2 Å². The van der Waals surface area contributed by atoms with Crippen LogP contribution >= 0.6 is 22.9 Å². The fraction of sp³-hybridized carbons (Fsp3) is 0.333. The summed E-state index contributed by atoms with van der Waals surface area (Å²) in [5.41, 5.74) is 1.41. The Bertz CT molecular complexity index is 785. The van der Waals surface area contributed by atoms with Crippen molar-refractivity contribution < 1.29 is 13.2 Å². The van der Waals surface area contributed by atoms with E-state index in [0.29, 0.717) is 16.6 Å². The zero-order chi connectivity index (χ0) is 14.3. The molecule has 1 N–H and O–H groups in total. The lowest BCUT2D eigenvalue weighted by atomic mass is 10.1. The standard InChI is InChI=1S/C12H11ClN2O3S2/c13-12-15-9-2-1-8(5-10(9)19-12)14-11(16)7-3-4-20(17,18)6-7/h1-2,5,7H,3-4,6H2,(H,14,16). The highest BCUT2D eigenvalue weighted by Crippen LogP contribution is 2.28. The Morgan fingerprint density at radius 1 is 1.45 bits per heavy atom. The maximum atomic E-state index is 12.0. The third-order valence-corrected chi connectivity index (χ3v) is 6.12. The summed E-state index contributed by atoms with van der Waals surface area (Å²) in [6.07, 6.45) is 0.392. The molecule has 1 aliphatic rings. The average molecular weight is 331 g/mol. The zero-order valence-electron chi connectivity index (χ0n) is 10.3. The van der Waals surface area contributed by atoms with Crippen LogP contribution in [0.1, 0.15) is 6.42 Å². The van der Waals surface area contributed by atoms with Gasteiger partial charge in [-0.25, -0.2) is 13.4 Å². The van der Waals surface area contributed by atoms with Crippen LogP contribution in [0.2, 0.25) is 4.47 Å². The summed E-state index contributed by atoms with van der Waals surface area (Å²) in [6, 6.07) is 5.30. The maximum absolute atomic E-state index is 12.0. The van der Waals surface area contributed by atoms with Gasteiger partial charge < -0.3 is 5.32 Å². The molecule has 3 rings (SSSR count).